The van der Waals surface area contributed by atoms with Crippen LogP contribution in [0.2, 0.25) is 0 Å². The molecule has 3 fully saturated rings. The molecule has 1 unspecified atom stereocenters. The molecule has 2 saturated carbocycles. The summed E-state index contributed by atoms with van der Waals surface area (Å²) in [5, 5.41) is 4.39. The van der Waals surface area contributed by atoms with Crippen molar-refractivity contribution in [1.82, 2.24) is 0 Å². The Morgan fingerprint density at radius 1 is 0.964 bits per heavy atom. The minimum atomic E-state index is -0.250. The Labute approximate surface area is 167 Å². The molecule has 1 aromatic rings. The van der Waals surface area contributed by atoms with Crippen LogP contribution in [0.3, 0.4) is 0 Å². The first kappa shape index (κ1) is 18.3. The van der Waals surface area contributed by atoms with Gasteiger partial charge in [0.1, 0.15) is 0 Å². The zero-order valence-corrected chi connectivity index (χ0v) is 16.7. The molecule has 0 N–H and O–H groups in total. The number of benzene rings is 1. The lowest BCUT2D eigenvalue weighted by atomic mass is 9.90. The first-order valence-electron chi connectivity index (χ1n) is 11.0. The van der Waals surface area contributed by atoms with Gasteiger partial charge in [-0.05, 0) is 55.7 Å². The van der Waals surface area contributed by atoms with E-state index in [0.29, 0.717) is 12.5 Å². The third-order valence-electron chi connectivity index (χ3n) is 6.55. The van der Waals surface area contributed by atoms with Crippen LogP contribution in [-0.4, -0.2) is 37.7 Å². The molecule has 1 spiro atoms. The maximum absolute atomic E-state index is 6.30. The van der Waals surface area contributed by atoms with Crippen LogP contribution in [0.25, 0.3) is 0 Å². The zero-order chi connectivity index (χ0) is 18.8. The summed E-state index contributed by atoms with van der Waals surface area (Å²) >= 11 is 0. The predicted molar refractivity (Wildman–Crippen MR) is 107 cm³/mol. The van der Waals surface area contributed by atoms with Crippen molar-refractivity contribution in [3.05, 3.63) is 23.8 Å². The molecule has 1 atom stereocenters. The normalized spacial score (nSPS) is 27.6. The molecule has 0 aromatic heterocycles. The second kappa shape index (κ2) is 7.94. The van der Waals surface area contributed by atoms with Gasteiger partial charge in [-0.1, -0.05) is 24.4 Å². The van der Waals surface area contributed by atoms with E-state index in [9.17, 15) is 0 Å². The number of rotatable bonds is 7. The largest absolute Gasteiger partial charge is 0.489 e. The predicted octanol–water partition coefficient (Wildman–Crippen LogP) is 4.72. The summed E-state index contributed by atoms with van der Waals surface area (Å²) in [6.45, 7) is 2.97. The Kier molecular flexibility index (Phi) is 5.19. The highest BCUT2D eigenvalue weighted by molar-refractivity contribution is 6.02. The Hall–Kier alpha value is -1.75. The van der Waals surface area contributed by atoms with Gasteiger partial charge in [0.05, 0.1) is 32.1 Å². The zero-order valence-electron chi connectivity index (χ0n) is 16.7. The van der Waals surface area contributed by atoms with E-state index in [1.54, 1.807) is 0 Å². The van der Waals surface area contributed by atoms with Crippen molar-refractivity contribution in [3.8, 4) is 11.5 Å². The lowest BCUT2D eigenvalue weighted by Crippen LogP contribution is -2.29. The quantitative estimate of drug-likeness (QED) is 0.682. The van der Waals surface area contributed by atoms with Crippen molar-refractivity contribution in [3.63, 3.8) is 0 Å². The standard InChI is InChI=1S/C23H31NO4/c1-2-4-17(5-3-1)14-27-22-12-19(8-9-21(22)26-15-18-6-7-18)20-13-23(28-24-20)10-11-25-16-23/h8-9,12,17-18H,1-7,10-11,13-16H2. The van der Waals surface area contributed by atoms with Gasteiger partial charge in [-0.3, -0.25) is 0 Å². The van der Waals surface area contributed by atoms with Gasteiger partial charge in [0.2, 0.25) is 0 Å². The van der Waals surface area contributed by atoms with Crippen molar-refractivity contribution < 1.29 is 19.0 Å². The molecule has 1 saturated heterocycles. The summed E-state index contributed by atoms with van der Waals surface area (Å²) < 4.78 is 17.9. The van der Waals surface area contributed by atoms with E-state index in [1.165, 1.54) is 44.9 Å². The summed E-state index contributed by atoms with van der Waals surface area (Å²) in [4.78, 5) is 5.77. The molecule has 2 aliphatic carbocycles. The second-order valence-electron chi connectivity index (χ2n) is 9.02. The SMILES string of the molecule is c1cc(OCC2CC2)c(OCC2CCCCC2)cc1C1=NOC2(CCOC2)C1. The lowest BCUT2D eigenvalue weighted by molar-refractivity contribution is -0.0237. The Morgan fingerprint density at radius 2 is 1.75 bits per heavy atom. The molecule has 0 amide bonds. The molecule has 0 radical (unpaired) electrons. The van der Waals surface area contributed by atoms with E-state index >= 15 is 0 Å². The van der Waals surface area contributed by atoms with E-state index in [-0.39, 0.29) is 5.60 Å². The Balaban J connectivity index is 1.30. The monoisotopic (exact) mass is 385 g/mol. The van der Waals surface area contributed by atoms with Crippen LogP contribution in [0, 0.1) is 11.8 Å². The third-order valence-corrected chi connectivity index (χ3v) is 6.55. The van der Waals surface area contributed by atoms with Crippen LogP contribution in [0.15, 0.2) is 23.4 Å². The molecule has 1 aromatic carbocycles. The van der Waals surface area contributed by atoms with Gasteiger partial charge in [-0.25, -0.2) is 0 Å². The van der Waals surface area contributed by atoms with Crippen molar-refractivity contribution >= 4 is 5.71 Å². The van der Waals surface area contributed by atoms with E-state index in [0.717, 1.165) is 61.4 Å². The van der Waals surface area contributed by atoms with Crippen molar-refractivity contribution in [2.45, 2.75) is 63.4 Å². The van der Waals surface area contributed by atoms with Crippen LogP contribution in [-0.2, 0) is 9.57 Å². The fraction of sp³-hybridized carbons (Fsp3) is 0.696. The number of ether oxygens (including phenoxy) is 3. The fourth-order valence-corrected chi connectivity index (χ4v) is 4.45. The van der Waals surface area contributed by atoms with Crippen LogP contribution in [0.5, 0.6) is 11.5 Å². The third kappa shape index (κ3) is 4.14. The van der Waals surface area contributed by atoms with Crippen LogP contribution in [0.4, 0.5) is 0 Å². The first-order chi connectivity index (χ1) is 13.8. The first-order valence-corrected chi connectivity index (χ1v) is 11.0. The Morgan fingerprint density at radius 3 is 2.50 bits per heavy atom. The molecule has 0 bridgehead atoms. The summed E-state index contributed by atoms with van der Waals surface area (Å²) in [6, 6.07) is 6.24. The number of hydrogen-bond acceptors (Lipinski definition) is 5. The number of nitrogens with zero attached hydrogens (tertiary/aromatic N) is 1. The van der Waals surface area contributed by atoms with Crippen LogP contribution < -0.4 is 9.47 Å². The van der Waals surface area contributed by atoms with Gasteiger partial charge in [0.25, 0.3) is 0 Å². The summed E-state index contributed by atoms with van der Waals surface area (Å²) in [5.41, 5.74) is 1.81. The second-order valence-corrected chi connectivity index (χ2v) is 9.02. The van der Waals surface area contributed by atoms with Crippen LogP contribution in [0.1, 0.15) is 63.4 Å². The average Bonchev–Trinajstić information content (AvgIpc) is 3.31. The van der Waals surface area contributed by atoms with Crippen molar-refractivity contribution in [2.75, 3.05) is 26.4 Å². The van der Waals surface area contributed by atoms with E-state index in [2.05, 4.69) is 17.3 Å². The van der Waals surface area contributed by atoms with Gasteiger partial charge in [0.15, 0.2) is 17.1 Å². The van der Waals surface area contributed by atoms with E-state index in [4.69, 9.17) is 19.0 Å². The molecule has 5 nitrogen and oxygen atoms in total. The molecule has 152 valence electrons. The topological polar surface area (TPSA) is 49.3 Å². The maximum atomic E-state index is 6.30. The number of hydrogen-bond donors (Lipinski definition) is 0. The highest BCUT2D eigenvalue weighted by atomic mass is 16.7. The van der Waals surface area contributed by atoms with Crippen molar-refractivity contribution in [2.24, 2.45) is 17.0 Å². The molecular weight excluding hydrogens is 354 g/mol. The molecular formula is C23H31NO4. The highest BCUT2D eigenvalue weighted by Gasteiger charge is 2.43. The van der Waals surface area contributed by atoms with Gasteiger partial charge in [0, 0.05) is 18.4 Å². The molecule has 2 aliphatic heterocycles. The summed E-state index contributed by atoms with van der Waals surface area (Å²) in [5.74, 6) is 3.11. The Bertz CT molecular complexity index is 715. The van der Waals surface area contributed by atoms with Gasteiger partial charge in [-0.2, -0.15) is 0 Å². The molecule has 5 rings (SSSR count). The van der Waals surface area contributed by atoms with Gasteiger partial charge in [-0.15, -0.1) is 0 Å². The van der Waals surface area contributed by atoms with E-state index in [1.807, 2.05) is 6.07 Å². The fourth-order valence-electron chi connectivity index (χ4n) is 4.45. The smallest absolute Gasteiger partial charge is 0.168 e. The summed E-state index contributed by atoms with van der Waals surface area (Å²) in [7, 11) is 0. The van der Waals surface area contributed by atoms with Crippen LogP contribution >= 0.6 is 0 Å². The lowest BCUT2D eigenvalue weighted by Gasteiger charge is -2.22. The minimum absolute atomic E-state index is 0.250. The molecule has 2 heterocycles. The summed E-state index contributed by atoms with van der Waals surface area (Å²) in [6.07, 6.45) is 10.9. The van der Waals surface area contributed by atoms with E-state index < -0.39 is 0 Å². The van der Waals surface area contributed by atoms with Crippen molar-refractivity contribution in [1.29, 1.82) is 0 Å². The molecule has 28 heavy (non-hydrogen) atoms. The highest BCUT2D eigenvalue weighted by Crippen LogP contribution is 2.38. The van der Waals surface area contributed by atoms with Gasteiger partial charge >= 0.3 is 0 Å². The minimum Gasteiger partial charge on any atom is -0.489 e. The maximum Gasteiger partial charge on any atom is 0.168 e. The number of oxime groups is 1. The molecule has 4 aliphatic rings. The van der Waals surface area contributed by atoms with Gasteiger partial charge < -0.3 is 19.0 Å². The average molecular weight is 386 g/mol. The molecule has 5 heteroatoms.